The quantitative estimate of drug-likeness (QED) is 0.299. The van der Waals surface area contributed by atoms with Gasteiger partial charge in [0.05, 0.1) is 35.3 Å². The maximum Gasteiger partial charge on any atom is 0.323 e. The molecule has 0 saturated carbocycles. The molecule has 3 aromatic heterocycles. The van der Waals surface area contributed by atoms with Crippen LogP contribution in [0.1, 0.15) is 42.6 Å². The number of rotatable bonds is 6. The molecule has 41 heavy (non-hydrogen) atoms. The third-order valence-electron chi connectivity index (χ3n) is 7.87. The van der Waals surface area contributed by atoms with Crippen LogP contribution in [0, 0.1) is 0 Å². The monoisotopic (exact) mass is 552 g/mol. The number of carbonyl (C=O) groups is 2. The van der Waals surface area contributed by atoms with Crippen LogP contribution in [0.25, 0.3) is 17.1 Å². The first kappa shape index (κ1) is 26.5. The maximum absolute atomic E-state index is 13.4. The first-order valence-corrected chi connectivity index (χ1v) is 13.8. The number of Topliss-reactive ketones (excluding diaryl/α,β-unsaturated/α-hetero) is 1. The van der Waals surface area contributed by atoms with Gasteiger partial charge in [-0.2, -0.15) is 0 Å². The summed E-state index contributed by atoms with van der Waals surface area (Å²) in [6.45, 7) is 6.55. The number of pyridine rings is 2. The Morgan fingerprint density at radius 1 is 1.12 bits per heavy atom. The van der Waals surface area contributed by atoms with Gasteiger partial charge in [0.25, 0.3) is 0 Å². The van der Waals surface area contributed by atoms with Gasteiger partial charge in [-0.05, 0) is 55.3 Å². The average Bonchev–Trinajstić information content (AvgIpc) is 3.48. The van der Waals surface area contributed by atoms with Crippen LogP contribution in [0.15, 0.2) is 66.9 Å². The minimum absolute atomic E-state index is 0.186. The van der Waals surface area contributed by atoms with Gasteiger partial charge in [-0.1, -0.05) is 13.8 Å². The minimum Gasteiger partial charge on any atom is -0.452 e. The molecule has 210 valence electrons. The number of nitrogens with one attached hydrogen (secondary N) is 2. The molecule has 10 heteroatoms. The summed E-state index contributed by atoms with van der Waals surface area (Å²) in [5.41, 5.74) is 3.97. The lowest BCUT2D eigenvalue weighted by Crippen LogP contribution is -2.51. The molecule has 1 saturated heterocycles. The highest BCUT2D eigenvalue weighted by Crippen LogP contribution is 2.38. The SMILES string of the molecule is CCC1(CC)CN(c2ccnc3c2c(/C=C2\Oc4ccc(NC(=O)Nc5cccnc5)cc4C2=O)cn3C)CCO1. The van der Waals surface area contributed by atoms with E-state index < -0.39 is 6.03 Å². The number of anilines is 3. The second kappa shape index (κ2) is 10.7. The number of hydrogen-bond donors (Lipinski definition) is 2. The molecule has 10 nitrogen and oxygen atoms in total. The minimum atomic E-state index is -0.436. The van der Waals surface area contributed by atoms with Crippen LogP contribution in [0.2, 0.25) is 0 Å². The summed E-state index contributed by atoms with van der Waals surface area (Å²) >= 11 is 0. The molecular formula is C31H32N6O4. The zero-order chi connectivity index (χ0) is 28.6. The molecule has 0 spiro atoms. The Kier molecular flexibility index (Phi) is 6.92. The van der Waals surface area contributed by atoms with E-state index in [1.54, 1.807) is 48.8 Å². The van der Waals surface area contributed by atoms with Gasteiger partial charge < -0.3 is 29.6 Å². The first-order chi connectivity index (χ1) is 19.9. The first-order valence-electron chi connectivity index (χ1n) is 13.8. The van der Waals surface area contributed by atoms with Crippen molar-refractivity contribution < 1.29 is 19.1 Å². The summed E-state index contributed by atoms with van der Waals surface area (Å²) in [6, 6.07) is 10.1. The number of benzene rings is 1. The van der Waals surface area contributed by atoms with Gasteiger partial charge in [0.15, 0.2) is 5.76 Å². The summed E-state index contributed by atoms with van der Waals surface area (Å²) in [6.07, 6.45) is 10.6. The van der Waals surface area contributed by atoms with Gasteiger partial charge in [0.2, 0.25) is 5.78 Å². The van der Waals surface area contributed by atoms with Gasteiger partial charge in [-0.25, -0.2) is 9.78 Å². The van der Waals surface area contributed by atoms with Crippen molar-refractivity contribution in [3.8, 4) is 5.75 Å². The molecule has 4 aromatic rings. The fourth-order valence-corrected chi connectivity index (χ4v) is 5.56. The van der Waals surface area contributed by atoms with E-state index in [1.165, 1.54) is 0 Å². The standard InChI is InChI=1S/C31H32N6O4/c1-4-31(5-2)19-37(13-14-40-31)24-10-12-33-29-27(24)20(18-36(29)3)15-26-28(38)23-16-21(8-9-25(23)41-26)34-30(39)35-22-7-6-11-32-17-22/h6-12,15-18H,4-5,13-14,19H2,1-3H3,(H2,34,35,39)/b26-15-. The molecule has 0 radical (unpaired) electrons. The molecule has 6 rings (SSSR count). The summed E-state index contributed by atoms with van der Waals surface area (Å²) in [5, 5.41) is 6.44. The molecule has 2 N–H and O–H groups in total. The second-order valence-electron chi connectivity index (χ2n) is 10.4. The van der Waals surface area contributed by atoms with E-state index in [1.807, 2.05) is 30.1 Å². The van der Waals surface area contributed by atoms with Gasteiger partial charge in [0, 0.05) is 55.4 Å². The zero-order valence-corrected chi connectivity index (χ0v) is 23.3. The number of morpholine rings is 1. The van der Waals surface area contributed by atoms with E-state index >= 15 is 0 Å². The van der Waals surface area contributed by atoms with Crippen LogP contribution in [-0.2, 0) is 11.8 Å². The number of carbonyl (C=O) groups excluding carboxylic acids is 2. The van der Waals surface area contributed by atoms with Crippen LogP contribution in [0.5, 0.6) is 5.75 Å². The number of ketones is 1. The Morgan fingerprint density at radius 2 is 1.95 bits per heavy atom. The lowest BCUT2D eigenvalue weighted by atomic mass is 9.94. The molecule has 2 aliphatic rings. The van der Waals surface area contributed by atoms with E-state index in [-0.39, 0.29) is 17.1 Å². The van der Waals surface area contributed by atoms with Crippen molar-refractivity contribution in [2.24, 2.45) is 7.05 Å². The smallest absolute Gasteiger partial charge is 0.323 e. The lowest BCUT2D eigenvalue weighted by Gasteiger charge is -2.43. The molecule has 1 aromatic carbocycles. The Morgan fingerprint density at radius 3 is 2.73 bits per heavy atom. The van der Waals surface area contributed by atoms with Crippen molar-refractivity contribution in [1.29, 1.82) is 0 Å². The van der Waals surface area contributed by atoms with Crippen LogP contribution in [0.3, 0.4) is 0 Å². The Balaban J connectivity index is 1.28. The van der Waals surface area contributed by atoms with E-state index in [0.717, 1.165) is 48.2 Å². The van der Waals surface area contributed by atoms with E-state index in [0.29, 0.717) is 29.3 Å². The number of allylic oxidation sites excluding steroid dienone is 1. The van der Waals surface area contributed by atoms with Crippen LogP contribution < -0.4 is 20.3 Å². The molecule has 0 bridgehead atoms. The summed E-state index contributed by atoms with van der Waals surface area (Å²) < 4.78 is 14.2. The summed E-state index contributed by atoms with van der Waals surface area (Å²) in [7, 11) is 1.95. The Hall–Kier alpha value is -4.70. The van der Waals surface area contributed by atoms with Crippen molar-refractivity contribution in [2.75, 3.05) is 35.2 Å². The highest BCUT2D eigenvalue weighted by Gasteiger charge is 2.35. The van der Waals surface area contributed by atoms with Crippen molar-refractivity contribution in [2.45, 2.75) is 32.3 Å². The number of urea groups is 1. The van der Waals surface area contributed by atoms with Crippen LogP contribution in [-0.4, -0.2) is 51.6 Å². The van der Waals surface area contributed by atoms with Crippen molar-refractivity contribution in [1.82, 2.24) is 14.5 Å². The number of amides is 2. The van der Waals surface area contributed by atoms with Crippen molar-refractivity contribution in [3.05, 3.63) is 78.1 Å². The predicted molar refractivity (Wildman–Crippen MR) is 158 cm³/mol. The normalized spacial score (nSPS) is 17.0. The van der Waals surface area contributed by atoms with E-state index in [9.17, 15) is 9.59 Å². The molecule has 5 heterocycles. The maximum atomic E-state index is 13.4. The fraction of sp³-hybridized carbons (Fsp3) is 0.290. The van der Waals surface area contributed by atoms with Crippen LogP contribution >= 0.6 is 0 Å². The van der Waals surface area contributed by atoms with Gasteiger partial charge in [-0.15, -0.1) is 0 Å². The number of aryl methyl sites for hydroxylation is 1. The topological polar surface area (TPSA) is 111 Å². The van der Waals surface area contributed by atoms with Gasteiger partial charge in [-0.3, -0.25) is 9.78 Å². The molecule has 0 aliphatic carbocycles. The highest BCUT2D eigenvalue weighted by molar-refractivity contribution is 6.16. The molecule has 2 aliphatic heterocycles. The molecule has 1 fully saturated rings. The predicted octanol–water partition coefficient (Wildman–Crippen LogP) is 5.62. The number of fused-ring (bicyclic) bond motifs is 2. The van der Waals surface area contributed by atoms with E-state index in [2.05, 4.69) is 39.3 Å². The largest absolute Gasteiger partial charge is 0.452 e. The number of hydrogen-bond acceptors (Lipinski definition) is 7. The molecule has 2 amide bonds. The molecular weight excluding hydrogens is 520 g/mol. The van der Waals surface area contributed by atoms with Gasteiger partial charge in [0.1, 0.15) is 11.4 Å². The fourth-order valence-electron chi connectivity index (χ4n) is 5.56. The molecule has 0 unspecified atom stereocenters. The molecule has 0 atom stereocenters. The van der Waals surface area contributed by atoms with E-state index in [4.69, 9.17) is 9.47 Å². The Bertz CT molecular complexity index is 1660. The highest BCUT2D eigenvalue weighted by atomic mass is 16.5. The van der Waals surface area contributed by atoms with Crippen molar-refractivity contribution in [3.63, 3.8) is 0 Å². The average molecular weight is 553 g/mol. The summed E-state index contributed by atoms with van der Waals surface area (Å²) in [5.74, 6) is 0.417. The lowest BCUT2D eigenvalue weighted by molar-refractivity contribution is -0.0604. The number of aromatic nitrogens is 3. The third-order valence-corrected chi connectivity index (χ3v) is 7.87. The Labute approximate surface area is 238 Å². The van der Waals surface area contributed by atoms with Crippen LogP contribution in [0.4, 0.5) is 21.9 Å². The summed E-state index contributed by atoms with van der Waals surface area (Å²) in [4.78, 5) is 36.9. The number of nitrogens with zero attached hydrogens (tertiary/aromatic N) is 4. The zero-order valence-electron chi connectivity index (χ0n) is 23.3. The number of ether oxygens (including phenoxy) is 2. The third kappa shape index (κ3) is 5.02. The van der Waals surface area contributed by atoms with Gasteiger partial charge >= 0.3 is 6.03 Å². The second-order valence-corrected chi connectivity index (χ2v) is 10.4. The van der Waals surface area contributed by atoms with Crippen molar-refractivity contribution >= 4 is 46.0 Å².